The maximum Gasteiger partial charge on any atom is 0.311 e. The number of hydrogen-bond donors (Lipinski definition) is 0. The number of hydrogen-bond acceptors (Lipinski definition) is 7. The number of rotatable bonds is 6. The summed E-state index contributed by atoms with van der Waals surface area (Å²) in [7, 11) is 1.48. The molecule has 8 heteroatoms. The Kier molecular flexibility index (Phi) is 5.90. The van der Waals surface area contributed by atoms with E-state index < -0.39 is 5.97 Å². The number of Topliss-reactive ketones (excluding diaryl/α,β-unsaturated/α-hetero) is 1. The summed E-state index contributed by atoms with van der Waals surface area (Å²) < 4.78 is 22.2. The van der Waals surface area contributed by atoms with Crippen LogP contribution in [0.15, 0.2) is 57.2 Å². The molecule has 3 aromatic rings. The van der Waals surface area contributed by atoms with Gasteiger partial charge in [-0.15, -0.1) is 0 Å². The Morgan fingerprint density at radius 2 is 2.06 bits per heavy atom. The van der Waals surface area contributed by atoms with Crippen molar-refractivity contribution >= 4 is 33.8 Å². The van der Waals surface area contributed by atoms with E-state index >= 15 is 0 Å². The molecule has 0 radical (unpaired) electrons. The van der Waals surface area contributed by atoms with Crippen molar-refractivity contribution in [1.29, 1.82) is 0 Å². The lowest BCUT2D eigenvalue weighted by Gasteiger charge is -2.09. The van der Waals surface area contributed by atoms with E-state index in [0.29, 0.717) is 40.7 Å². The predicted octanol–water partition coefficient (Wildman–Crippen LogP) is 4.91. The molecule has 31 heavy (non-hydrogen) atoms. The number of ketones is 1. The monoisotopic (exact) mass is 483 g/mol. The first kappa shape index (κ1) is 20.9. The third-order valence-corrected chi connectivity index (χ3v) is 5.22. The van der Waals surface area contributed by atoms with Crippen LogP contribution in [0.4, 0.5) is 0 Å². The van der Waals surface area contributed by atoms with Crippen molar-refractivity contribution in [3.8, 4) is 17.4 Å². The largest absolute Gasteiger partial charge is 0.479 e. The van der Waals surface area contributed by atoms with Gasteiger partial charge in [-0.1, -0.05) is 28.1 Å². The summed E-state index contributed by atoms with van der Waals surface area (Å²) in [6.07, 6.45) is 2.11. The van der Waals surface area contributed by atoms with Gasteiger partial charge in [-0.3, -0.25) is 9.59 Å². The van der Waals surface area contributed by atoms with Crippen LogP contribution in [0.25, 0.3) is 6.08 Å². The van der Waals surface area contributed by atoms with E-state index in [2.05, 4.69) is 21.1 Å². The van der Waals surface area contributed by atoms with E-state index in [0.717, 1.165) is 10.0 Å². The number of nitrogens with zero attached hydrogens (tertiary/aromatic N) is 1. The van der Waals surface area contributed by atoms with Crippen LogP contribution >= 0.6 is 15.9 Å². The molecule has 0 fully saturated rings. The molecule has 4 rings (SSSR count). The summed E-state index contributed by atoms with van der Waals surface area (Å²) in [5, 5.41) is 3.69. The highest BCUT2D eigenvalue weighted by Gasteiger charge is 2.30. The second-order valence-corrected chi connectivity index (χ2v) is 7.79. The van der Waals surface area contributed by atoms with Crippen LogP contribution in [0, 0.1) is 6.92 Å². The Hall–Kier alpha value is -3.39. The minimum atomic E-state index is -0.437. The molecule has 2 aromatic carbocycles. The molecule has 0 N–H and O–H groups in total. The van der Waals surface area contributed by atoms with Gasteiger partial charge in [0.1, 0.15) is 17.3 Å². The summed E-state index contributed by atoms with van der Waals surface area (Å²) in [6, 6.07) is 12.4. The normalized spacial score (nSPS) is 13.8. The number of carbonyl (C=O) groups excluding carboxylic acids is 2. The van der Waals surface area contributed by atoms with E-state index in [1.165, 1.54) is 7.11 Å². The van der Waals surface area contributed by atoms with Crippen molar-refractivity contribution in [1.82, 2.24) is 5.16 Å². The van der Waals surface area contributed by atoms with Gasteiger partial charge in [0.25, 0.3) is 5.88 Å². The first-order valence-corrected chi connectivity index (χ1v) is 10.3. The van der Waals surface area contributed by atoms with Crippen molar-refractivity contribution in [3.05, 3.63) is 75.1 Å². The van der Waals surface area contributed by atoms with Gasteiger partial charge < -0.3 is 18.7 Å². The van der Waals surface area contributed by atoms with Crippen LogP contribution < -0.4 is 14.2 Å². The molecule has 0 aliphatic carbocycles. The molecule has 0 bridgehead atoms. The van der Waals surface area contributed by atoms with E-state index in [-0.39, 0.29) is 18.0 Å². The van der Waals surface area contributed by atoms with Crippen LogP contribution in [0.1, 0.15) is 33.7 Å². The first-order chi connectivity index (χ1) is 14.9. The summed E-state index contributed by atoms with van der Waals surface area (Å²) >= 11 is 3.41. The Balaban J connectivity index is 1.47. The molecular weight excluding hydrogens is 466 g/mol. The highest BCUT2D eigenvalue weighted by atomic mass is 79.9. The zero-order chi connectivity index (χ0) is 22.0. The minimum Gasteiger partial charge on any atom is -0.479 e. The summed E-state index contributed by atoms with van der Waals surface area (Å²) in [4.78, 5) is 25.0. The van der Waals surface area contributed by atoms with Gasteiger partial charge in [0.15, 0.2) is 5.76 Å². The van der Waals surface area contributed by atoms with Crippen molar-refractivity contribution in [2.24, 2.45) is 0 Å². The van der Waals surface area contributed by atoms with E-state index in [1.54, 1.807) is 31.2 Å². The molecule has 1 aromatic heterocycles. The average molecular weight is 484 g/mol. The Morgan fingerprint density at radius 3 is 2.81 bits per heavy atom. The number of halogens is 1. The number of aromatic nitrogens is 1. The molecule has 0 amide bonds. The van der Waals surface area contributed by atoms with Crippen molar-refractivity contribution in [2.45, 2.75) is 19.8 Å². The maximum atomic E-state index is 12.7. The topological polar surface area (TPSA) is 87.9 Å². The summed E-state index contributed by atoms with van der Waals surface area (Å²) in [6.45, 7) is 1.75. The Labute approximate surface area is 186 Å². The molecule has 0 saturated heterocycles. The molecule has 2 heterocycles. The zero-order valence-electron chi connectivity index (χ0n) is 16.8. The SMILES string of the molecule is COc1cc(CCC(=O)Oc2ccc3c(c2C)O/C(=C\c2cccc(Br)c2)C3=O)on1. The molecule has 158 valence electrons. The van der Waals surface area contributed by atoms with E-state index in [1.807, 2.05) is 24.3 Å². The number of fused-ring (bicyclic) bond motifs is 1. The van der Waals surface area contributed by atoms with Crippen LogP contribution in [-0.4, -0.2) is 24.0 Å². The fourth-order valence-electron chi connectivity index (χ4n) is 3.13. The van der Waals surface area contributed by atoms with Crippen molar-refractivity contribution < 1.29 is 28.3 Å². The van der Waals surface area contributed by atoms with Crippen LogP contribution in [0.5, 0.6) is 17.4 Å². The predicted molar refractivity (Wildman–Crippen MR) is 115 cm³/mol. The Morgan fingerprint density at radius 1 is 1.23 bits per heavy atom. The molecule has 0 saturated carbocycles. The zero-order valence-corrected chi connectivity index (χ0v) is 18.4. The van der Waals surface area contributed by atoms with Gasteiger partial charge in [-0.05, 0) is 48.0 Å². The lowest BCUT2D eigenvalue weighted by atomic mass is 10.1. The smallest absolute Gasteiger partial charge is 0.311 e. The number of allylic oxidation sites excluding steroid dienone is 1. The number of methoxy groups -OCH3 is 1. The molecule has 1 aliphatic rings. The first-order valence-electron chi connectivity index (χ1n) is 9.48. The fourth-order valence-corrected chi connectivity index (χ4v) is 3.55. The standard InChI is InChI=1S/C23H18BrNO6/c1-13-18(29-21(26)9-6-16-12-20(28-2)25-31-16)8-7-17-22(27)19(30-23(13)17)11-14-4-3-5-15(24)10-14/h3-5,7-8,10-12H,6,9H2,1-2H3/b19-11-. The highest BCUT2D eigenvalue weighted by molar-refractivity contribution is 9.10. The number of benzene rings is 2. The van der Waals surface area contributed by atoms with Gasteiger partial charge in [0.2, 0.25) is 5.78 Å². The summed E-state index contributed by atoms with van der Waals surface area (Å²) in [5.41, 5.74) is 1.85. The fraction of sp³-hybridized carbons (Fsp3) is 0.174. The molecule has 0 atom stereocenters. The van der Waals surface area contributed by atoms with Gasteiger partial charge in [-0.2, -0.15) is 0 Å². The maximum absolute atomic E-state index is 12.7. The van der Waals surface area contributed by atoms with Gasteiger partial charge in [-0.25, -0.2) is 0 Å². The Bertz CT molecular complexity index is 1200. The average Bonchev–Trinajstić information content (AvgIpc) is 3.34. The van der Waals surface area contributed by atoms with Gasteiger partial charge in [0.05, 0.1) is 19.1 Å². The van der Waals surface area contributed by atoms with Crippen LogP contribution in [-0.2, 0) is 11.2 Å². The number of aryl methyl sites for hydroxylation is 1. The van der Waals surface area contributed by atoms with E-state index in [4.69, 9.17) is 18.7 Å². The van der Waals surface area contributed by atoms with E-state index in [9.17, 15) is 9.59 Å². The lowest BCUT2D eigenvalue weighted by molar-refractivity contribution is -0.134. The van der Waals surface area contributed by atoms with Gasteiger partial charge in [0, 0.05) is 22.5 Å². The van der Waals surface area contributed by atoms with Crippen molar-refractivity contribution in [3.63, 3.8) is 0 Å². The third-order valence-electron chi connectivity index (χ3n) is 4.73. The van der Waals surface area contributed by atoms with Crippen LogP contribution in [0.2, 0.25) is 0 Å². The molecule has 1 aliphatic heterocycles. The summed E-state index contributed by atoms with van der Waals surface area (Å²) in [5.74, 6) is 1.19. The minimum absolute atomic E-state index is 0.0999. The highest BCUT2D eigenvalue weighted by Crippen LogP contribution is 2.39. The number of carbonyl (C=O) groups is 2. The van der Waals surface area contributed by atoms with Crippen LogP contribution in [0.3, 0.4) is 0 Å². The number of esters is 1. The molecule has 7 nitrogen and oxygen atoms in total. The number of ether oxygens (including phenoxy) is 3. The van der Waals surface area contributed by atoms with Gasteiger partial charge >= 0.3 is 5.97 Å². The molecule has 0 spiro atoms. The second-order valence-electron chi connectivity index (χ2n) is 6.87. The third kappa shape index (κ3) is 4.54. The second kappa shape index (κ2) is 8.77. The quantitative estimate of drug-likeness (QED) is 0.279. The lowest BCUT2D eigenvalue weighted by Crippen LogP contribution is -2.10. The molecule has 0 unspecified atom stereocenters. The molecular formula is C23H18BrNO6. The van der Waals surface area contributed by atoms with Crippen molar-refractivity contribution in [2.75, 3.05) is 7.11 Å².